The molecule has 0 saturated heterocycles. The van der Waals surface area contributed by atoms with Crippen LogP contribution in [-0.4, -0.2) is 31.3 Å². The molecule has 0 bridgehead atoms. The predicted molar refractivity (Wildman–Crippen MR) is 176 cm³/mol. The summed E-state index contributed by atoms with van der Waals surface area (Å²) in [5.41, 5.74) is 4.81. The van der Waals surface area contributed by atoms with Gasteiger partial charge in [0.05, 0.1) is 16.8 Å². The van der Waals surface area contributed by atoms with Gasteiger partial charge in [-0.1, -0.05) is 54.6 Å². The highest BCUT2D eigenvalue weighted by Gasteiger charge is 2.20. The first-order valence-electron chi connectivity index (χ1n) is 14.6. The lowest BCUT2D eigenvalue weighted by molar-refractivity contribution is 0.101. The SMILES string of the molecule is O=C(c1ccccc1)c1ccc(Nc2nccc(-c3c(-c4cccc(NC(=O)c5c(F)cccc5F)c4)nn4ccccc34)n2)cc1. The minimum Gasteiger partial charge on any atom is -0.324 e. The summed E-state index contributed by atoms with van der Waals surface area (Å²) in [6.45, 7) is 0. The number of carbonyl (C=O) groups is 2. The second kappa shape index (κ2) is 12.4. The summed E-state index contributed by atoms with van der Waals surface area (Å²) in [5, 5.41) is 10.6. The maximum Gasteiger partial charge on any atom is 0.261 e. The number of amides is 1. The third-order valence-corrected chi connectivity index (χ3v) is 7.47. The van der Waals surface area contributed by atoms with Crippen molar-refractivity contribution in [3.63, 3.8) is 0 Å². The fourth-order valence-electron chi connectivity index (χ4n) is 5.25. The fraction of sp³-hybridized carbons (Fsp3) is 0. The van der Waals surface area contributed by atoms with Crippen molar-refractivity contribution in [2.24, 2.45) is 0 Å². The van der Waals surface area contributed by atoms with Crippen LogP contribution in [0.5, 0.6) is 0 Å². The van der Waals surface area contributed by atoms with Gasteiger partial charge in [0.15, 0.2) is 5.78 Å². The number of hydrogen-bond acceptors (Lipinski definition) is 6. The Balaban J connectivity index is 1.19. The minimum absolute atomic E-state index is 0.0703. The van der Waals surface area contributed by atoms with E-state index >= 15 is 0 Å². The number of halogens is 2. The van der Waals surface area contributed by atoms with Crippen molar-refractivity contribution in [1.29, 1.82) is 0 Å². The van der Waals surface area contributed by atoms with Crippen LogP contribution in [0.25, 0.3) is 28.0 Å². The summed E-state index contributed by atoms with van der Waals surface area (Å²) in [5.74, 6) is -2.55. The van der Waals surface area contributed by atoms with E-state index < -0.39 is 23.1 Å². The molecule has 3 aromatic heterocycles. The van der Waals surface area contributed by atoms with Crippen LogP contribution in [0.1, 0.15) is 26.3 Å². The van der Waals surface area contributed by atoms with E-state index in [2.05, 4.69) is 15.6 Å². The molecule has 0 saturated carbocycles. The van der Waals surface area contributed by atoms with E-state index in [9.17, 15) is 18.4 Å². The largest absolute Gasteiger partial charge is 0.324 e. The number of nitrogens with zero attached hydrogens (tertiary/aromatic N) is 4. The van der Waals surface area contributed by atoms with Crippen LogP contribution < -0.4 is 10.6 Å². The van der Waals surface area contributed by atoms with Gasteiger partial charge < -0.3 is 10.6 Å². The molecular weight excluding hydrogens is 598 g/mol. The van der Waals surface area contributed by atoms with Crippen molar-refractivity contribution >= 4 is 34.5 Å². The van der Waals surface area contributed by atoms with Gasteiger partial charge in [-0.2, -0.15) is 5.10 Å². The van der Waals surface area contributed by atoms with Crippen LogP contribution in [-0.2, 0) is 0 Å². The van der Waals surface area contributed by atoms with E-state index in [-0.39, 0.29) is 5.78 Å². The molecule has 0 radical (unpaired) electrons. The Kier molecular flexibility index (Phi) is 7.73. The Labute approximate surface area is 267 Å². The van der Waals surface area contributed by atoms with Crippen LogP contribution >= 0.6 is 0 Å². The fourth-order valence-corrected chi connectivity index (χ4v) is 5.25. The minimum atomic E-state index is -0.953. The van der Waals surface area contributed by atoms with Crippen LogP contribution in [0.3, 0.4) is 0 Å². The number of rotatable bonds is 8. The number of nitrogens with one attached hydrogen (secondary N) is 2. The molecule has 228 valence electrons. The topological polar surface area (TPSA) is 101 Å². The van der Waals surface area contributed by atoms with E-state index in [1.54, 1.807) is 71.4 Å². The van der Waals surface area contributed by atoms with Crippen LogP contribution in [0.2, 0.25) is 0 Å². The van der Waals surface area contributed by atoms with Crippen LogP contribution in [0.4, 0.5) is 26.1 Å². The molecule has 0 aliphatic rings. The molecule has 47 heavy (non-hydrogen) atoms. The molecule has 0 fully saturated rings. The maximum atomic E-state index is 14.2. The molecule has 7 rings (SSSR count). The second-order valence-electron chi connectivity index (χ2n) is 10.5. The molecule has 10 heteroatoms. The monoisotopic (exact) mass is 622 g/mol. The van der Waals surface area contributed by atoms with Gasteiger partial charge >= 0.3 is 0 Å². The number of carbonyl (C=O) groups excluding carboxylic acids is 2. The number of benzene rings is 4. The zero-order valence-electron chi connectivity index (χ0n) is 24.6. The number of ketones is 1. The van der Waals surface area contributed by atoms with Crippen molar-refractivity contribution in [2.75, 3.05) is 10.6 Å². The van der Waals surface area contributed by atoms with E-state index in [1.165, 1.54) is 6.07 Å². The van der Waals surface area contributed by atoms with Gasteiger partial charge in [0, 0.05) is 40.5 Å². The lowest BCUT2D eigenvalue weighted by Crippen LogP contribution is -2.15. The van der Waals surface area contributed by atoms with Gasteiger partial charge in [-0.3, -0.25) is 9.59 Å². The van der Waals surface area contributed by atoms with Gasteiger partial charge in [0.25, 0.3) is 5.91 Å². The van der Waals surface area contributed by atoms with Crippen molar-refractivity contribution < 1.29 is 18.4 Å². The second-order valence-corrected chi connectivity index (χ2v) is 10.5. The summed E-state index contributed by atoms with van der Waals surface area (Å²) in [6.07, 6.45) is 3.45. The first-order valence-corrected chi connectivity index (χ1v) is 14.6. The van der Waals surface area contributed by atoms with E-state index in [1.807, 2.05) is 48.7 Å². The standard InChI is InChI=1S/C37H24F2N6O2/c38-28-12-7-13-29(39)32(28)36(47)41-27-11-6-10-25(22-27)34-33(31-14-4-5-21-45(31)44-34)30-19-20-40-37(43-30)42-26-17-15-24(16-18-26)35(46)23-8-2-1-3-9-23/h1-22H,(H,41,47)(H,40,42,43). The average Bonchev–Trinajstić information content (AvgIpc) is 3.49. The molecule has 0 unspecified atom stereocenters. The van der Waals surface area contributed by atoms with Crippen LogP contribution in [0, 0.1) is 11.6 Å². The third-order valence-electron chi connectivity index (χ3n) is 7.47. The summed E-state index contributed by atoms with van der Waals surface area (Å²) >= 11 is 0. The van der Waals surface area contributed by atoms with Gasteiger partial charge in [0.2, 0.25) is 5.95 Å². The highest BCUT2D eigenvalue weighted by atomic mass is 19.1. The van der Waals surface area contributed by atoms with Gasteiger partial charge in [-0.05, 0) is 66.7 Å². The summed E-state index contributed by atoms with van der Waals surface area (Å²) in [4.78, 5) is 34.8. The molecular formula is C37H24F2N6O2. The Morgan fingerprint density at radius 2 is 1.43 bits per heavy atom. The number of anilines is 3. The van der Waals surface area contributed by atoms with E-state index in [4.69, 9.17) is 10.1 Å². The molecule has 0 aliphatic carbocycles. The molecule has 7 aromatic rings. The van der Waals surface area contributed by atoms with Gasteiger partial charge in [-0.15, -0.1) is 0 Å². The number of hydrogen-bond donors (Lipinski definition) is 2. The lowest BCUT2D eigenvalue weighted by atomic mass is 10.0. The molecule has 1 amide bonds. The first kappa shape index (κ1) is 29.2. The Morgan fingerprint density at radius 1 is 0.702 bits per heavy atom. The molecule has 8 nitrogen and oxygen atoms in total. The smallest absolute Gasteiger partial charge is 0.261 e. The highest BCUT2D eigenvalue weighted by molar-refractivity contribution is 6.09. The zero-order valence-corrected chi connectivity index (χ0v) is 24.6. The van der Waals surface area contributed by atoms with E-state index in [0.717, 1.165) is 17.6 Å². The van der Waals surface area contributed by atoms with Gasteiger partial charge in [-0.25, -0.2) is 23.3 Å². The van der Waals surface area contributed by atoms with Crippen LogP contribution in [0.15, 0.2) is 134 Å². The van der Waals surface area contributed by atoms with Crippen molar-refractivity contribution in [3.05, 3.63) is 162 Å². The van der Waals surface area contributed by atoms with Crippen molar-refractivity contribution in [1.82, 2.24) is 19.6 Å². The Bertz CT molecular complexity index is 2250. The predicted octanol–water partition coefficient (Wildman–Crippen LogP) is 7.96. The molecule has 0 spiro atoms. The number of aromatic nitrogens is 4. The average molecular weight is 623 g/mol. The van der Waals surface area contributed by atoms with Gasteiger partial charge in [0.1, 0.15) is 22.9 Å². The maximum absolute atomic E-state index is 14.2. The number of fused-ring (bicyclic) bond motifs is 1. The third kappa shape index (κ3) is 5.95. The quantitative estimate of drug-likeness (QED) is 0.167. The van der Waals surface area contributed by atoms with Crippen molar-refractivity contribution in [3.8, 4) is 22.5 Å². The molecule has 4 aromatic carbocycles. The number of pyridine rings is 1. The summed E-state index contributed by atoms with van der Waals surface area (Å²) in [7, 11) is 0. The normalized spacial score (nSPS) is 10.9. The van der Waals surface area contributed by atoms with E-state index in [0.29, 0.717) is 51.0 Å². The zero-order chi connectivity index (χ0) is 32.3. The lowest BCUT2D eigenvalue weighted by Gasteiger charge is -2.10. The molecule has 0 aliphatic heterocycles. The summed E-state index contributed by atoms with van der Waals surface area (Å²) in [6, 6.07) is 33.7. The molecule has 2 N–H and O–H groups in total. The molecule has 0 atom stereocenters. The highest BCUT2D eigenvalue weighted by Crippen LogP contribution is 2.35. The summed E-state index contributed by atoms with van der Waals surface area (Å²) < 4.78 is 30.2. The molecule has 3 heterocycles. The Morgan fingerprint density at radius 3 is 2.21 bits per heavy atom. The first-order chi connectivity index (χ1) is 22.9. The Hall–Kier alpha value is -6.55. The van der Waals surface area contributed by atoms with Crippen molar-refractivity contribution in [2.45, 2.75) is 0 Å².